The zero-order chi connectivity index (χ0) is 14.3. The first-order chi connectivity index (χ1) is 9.06. The molecule has 0 N–H and O–H groups in total. The molecule has 1 aromatic carbocycles. The molecule has 1 rings (SSSR count). The second-order valence-electron chi connectivity index (χ2n) is 4.49. The molecule has 0 aromatic heterocycles. The molecule has 0 aliphatic carbocycles. The van der Waals surface area contributed by atoms with E-state index in [1.165, 1.54) is 0 Å². The highest BCUT2D eigenvalue weighted by molar-refractivity contribution is 6.01. The van der Waals surface area contributed by atoms with Crippen LogP contribution < -0.4 is 4.90 Å². The van der Waals surface area contributed by atoms with Gasteiger partial charge in [-0.25, -0.2) is 0 Å². The van der Waals surface area contributed by atoms with Gasteiger partial charge in [-0.1, -0.05) is 12.1 Å². The maximum Gasteiger partial charge on any atom is 0.305 e. The fourth-order valence-corrected chi connectivity index (χ4v) is 1.86. The lowest BCUT2D eigenvalue weighted by molar-refractivity contribution is -0.143. The number of carbonyl (C=O) groups is 2. The monoisotopic (exact) mass is 263 g/mol. The molecule has 1 aromatic rings. The average molecular weight is 263 g/mol. The van der Waals surface area contributed by atoms with E-state index in [0.29, 0.717) is 31.4 Å². The molecule has 104 valence electrons. The number of ether oxygens (including phenoxy) is 1. The third kappa shape index (κ3) is 4.73. The summed E-state index contributed by atoms with van der Waals surface area (Å²) in [7, 11) is 3.81. The number of rotatable bonds is 7. The molecule has 4 heteroatoms. The van der Waals surface area contributed by atoms with Gasteiger partial charge in [0.05, 0.1) is 6.61 Å². The Morgan fingerprint density at radius 2 is 1.84 bits per heavy atom. The maximum atomic E-state index is 12.1. The van der Waals surface area contributed by atoms with Crippen LogP contribution in [0.3, 0.4) is 0 Å². The van der Waals surface area contributed by atoms with Crippen LogP contribution in [-0.2, 0) is 9.53 Å². The summed E-state index contributed by atoms with van der Waals surface area (Å²) in [5, 5.41) is 0. The molecule has 0 spiro atoms. The van der Waals surface area contributed by atoms with Gasteiger partial charge < -0.3 is 9.64 Å². The lowest BCUT2D eigenvalue weighted by atomic mass is 10.0. The maximum absolute atomic E-state index is 12.1. The number of nitrogens with zero attached hydrogens (tertiary/aromatic N) is 1. The molecule has 0 radical (unpaired) electrons. The number of ketones is 1. The largest absolute Gasteiger partial charge is 0.466 e. The summed E-state index contributed by atoms with van der Waals surface area (Å²) in [6.07, 6.45) is 1.19. The average Bonchev–Trinajstić information content (AvgIpc) is 2.38. The van der Waals surface area contributed by atoms with Crippen LogP contribution in [0.4, 0.5) is 5.69 Å². The highest BCUT2D eigenvalue weighted by Crippen LogP contribution is 2.20. The smallest absolute Gasteiger partial charge is 0.305 e. The number of para-hydroxylation sites is 1. The van der Waals surface area contributed by atoms with Crippen LogP contribution >= 0.6 is 0 Å². The van der Waals surface area contributed by atoms with Crippen molar-refractivity contribution >= 4 is 17.4 Å². The summed E-state index contributed by atoms with van der Waals surface area (Å²) in [6.45, 7) is 2.16. The molecule has 0 amide bonds. The third-order valence-electron chi connectivity index (χ3n) is 2.78. The van der Waals surface area contributed by atoms with Gasteiger partial charge in [0.2, 0.25) is 0 Å². The summed E-state index contributed by atoms with van der Waals surface area (Å²) >= 11 is 0. The van der Waals surface area contributed by atoms with E-state index in [-0.39, 0.29) is 11.8 Å². The molecular formula is C15H21NO3. The van der Waals surface area contributed by atoms with E-state index in [4.69, 9.17) is 4.74 Å². The van der Waals surface area contributed by atoms with Gasteiger partial charge in [0.1, 0.15) is 0 Å². The zero-order valence-corrected chi connectivity index (χ0v) is 11.8. The van der Waals surface area contributed by atoms with Gasteiger partial charge in [-0.2, -0.15) is 0 Å². The summed E-state index contributed by atoms with van der Waals surface area (Å²) in [5.74, 6) is -0.176. The molecule has 0 atom stereocenters. The van der Waals surface area contributed by atoms with E-state index < -0.39 is 0 Å². The number of esters is 1. The molecule has 0 aliphatic heterocycles. The van der Waals surface area contributed by atoms with E-state index in [2.05, 4.69) is 0 Å². The molecule has 19 heavy (non-hydrogen) atoms. The van der Waals surface area contributed by atoms with Gasteiger partial charge in [0, 0.05) is 38.2 Å². The lowest BCUT2D eigenvalue weighted by Gasteiger charge is -2.16. The number of carbonyl (C=O) groups excluding carboxylic acids is 2. The van der Waals surface area contributed by atoms with Crippen LogP contribution in [0, 0.1) is 0 Å². The van der Waals surface area contributed by atoms with Crippen LogP contribution in [-0.4, -0.2) is 32.5 Å². The fraction of sp³-hybridized carbons (Fsp3) is 0.467. The van der Waals surface area contributed by atoms with Gasteiger partial charge in [0.15, 0.2) is 5.78 Å². The van der Waals surface area contributed by atoms with E-state index in [0.717, 1.165) is 5.69 Å². The molecule has 0 bridgehead atoms. The Morgan fingerprint density at radius 3 is 2.47 bits per heavy atom. The topological polar surface area (TPSA) is 46.6 Å². The molecule has 0 saturated carbocycles. The van der Waals surface area contributed by atoms with E-state index in [1.54, 1.807) is 6.92 Å². The third-order valence-corrected chi connectivity index (χ3v) is 2.78. The summed E-state index contributed by atoms with van der Waals surface area (Å²) in [6, 6.07) is 7.50. The normalized spacial score (nSPS) is 10.1. The Hall–Kier alpha value is -1.84. The van der Waals surface area contributed by atoms with Crippen molar-refractivity contribution in [3.05, 3.63) is 29.8 Å². The van der Waals surface area contributed by atoms with Crippen molar-refractivity contribution in [3.63, 3.8) is 0 Å². The number of hydrogen-bond acceptors (Lipinski definition) is 4. The van der Waals surface area contributed by atoms with Crippen LogP contribution in [0.15, 0.2) is 24.3 Å². The van der Waals surface area contributed by atoms with Crippen molar-refractivity contribution in [2.24, 2.45) is 0 Å². The van der Waals surface area contributed by atoms with Gasteiger partial charge in [0.25, 0.3) is 0 Å². The molecule has 0 heterocycles. The predicted molar refractivity (Wildman–Crippen MR) is 75.6 cm³/mol. The second-order valence-corrected chi connectivity index (χ2v) is 4.49. The van der Waals surface area contributed by atoms with Gasteiger partial charge in [-0.3, -0.25) is 9.59 Å². The number of anilines is 1. The lowest BCUT2D eigenvalue weighted by Crippen LogP contribution is -2.14. The molecule has 0 fully saturated rings. The zero-order valence-electron chi connectivity index (χ0n) is 11.8. The standard InChI is InChI=1S/C15H21NO3/c1-4-19-15(18)11-7-10-14(17)12-8-5-6-9-13(12)16(2)3/h5-6,8-9H,4,7,10-11H2,1-3H3. The summed E-state index contributed by atoms with van der Waals surface area (Å²) < 4.78 is 4.83. The van der Waals surface area contributed by atoms with Crippen LogP contribution in [0.25, 0.3) is 0 Å². The van der Waals surface area contributed by atoms with Crippen LogP contribution in [0.5, 0.6) is 0 Å². The van der Waals surface area contributed by atoms with Crippen molar-refractivity contribution in [3.8, 4) is 0 Å². The second kappa shape index (κ2) is 7.56. The van der Waals surface area contributed by atoms with Gasteiger partial charge >= 0.3 is 5.97 Å². The Kier molecular flexibility index (Phi) is 6.06. The highest BCUT2D eigenvalue weighted by atomic mass is 16.5. The molecule has 0 unspecified atom stereocenters. The van der Waals surface area contributed by atoms with Crippen molar-refractivity contribution in [1.29, 1.82) is 0 Å². The van der Waals surface area contributed by atoms with Gasteiger partial charge in [-0.05, 0) is 25.5 Å². The summed E-state index contributed by atoms with van der Waals surface area (Å²) in [4.78, 5) is 25.2. The quantitative estimate of drug-likeness (QED) is 0.560. The molecular weight excluding hydrogens is 242 g/mol. The van der Waals surface area contributed by atoms with Crippen LogP contribution in [0.2, 0.25) is 0 Å². The van der Waals surface area contributed by atoms with Crippen molar-refractivity contribution in [1.82, 2.24) is 0 Å². The number of Topliss-reactive ketones (excluding diaryl/α,β-unsaturated/α-hetero) is 1. The first-order valence-corrected chi connectivity index (χ1v) is 6.51. The first kappa shape index (κ1) is 15.2. The Morgan fingerprint density at radius 1 is 1.16 bits per heavy atom. The van der Waals surface area contributed by atoms with Crippen molar-refractivity contribution < 1.29 is 14.3 Å². The minimum atomic E-state index is -0.240. The number of hydrogen-bond donors (Lipinski definition) is 0. The van der Waals surface area contributed by atoms with Crippen molar-refractivity contribution in [2.75, 3.05) is 25.6 Å². The summed E-state index contributed by atoms with van der Waals surface area (Å²) in [5.41, 5.74) is 1.61. The molecule has 4 nitrogen and oxygen atoms in total. The molecule has 0 aliphatic rings. The Bertz CT molecular complexity index is 441. The minimum Gasteiger partial charge on any atom is -0.466 e. The van der Waals surface area contributed by atoms with E-state index >= 15 is 0 Å². The highest BCUT2D eigenvalue weighted by Gasteiger charge is 2.12. The predicted octanol–water partition coefficient (Wildman–Crippen LogP) is 2.67. The SMILES string of the molecule is CCOC(=O)CCCC(=O)c1ccccc1N(C)C. The fourth-order valence-electron chi connectivity index (χ4n) is 1.86. The number of benzene rings is 1. The van der Waals surface area contributed by atoms with E-state index in [9.17, 15) is 9.59 Å². The minimum absolute atomic E-state index is 0.0635. The van der Waals surface area contributed by atoms with E-state index in [1.807, 2.05) is 43.3 Å². The first-order valence-electron chi connectivity index (χ1n) is 6.51. The Labute approximate surface area is 114 Å². The molecule has 0 saturated heterocycles. The van der Waals surface area contributed by atoms with Gasteiger partial charge in [-0.15, -0.1) is 0 Å². The Balaban J connectivity index is 2.57. The van der Waals surface area contributed by atoms with Crippen LogP contribution in [0.1, 0.15) is 36.5 Å². The van der Waals surface area contributed by atoms with Crippen molar-refractivity contribution in [2.45, 2.75) is 26.2 Å².